The Bertz CT molecular complexity index is 1050. The van der Waals surface area contributed by atoms with Gasteiger partial charge in [-0.3, -0.25) is 9.59 Å². The monoisotopic (exact) mass is 417 g/mol. The summed E-state index contributed by atoms with van der Waals surface area (Å²) in [7, 11) is 1.64. The highest BCUT2D eigenvalue weighted by Gasteiger charge is 2.51. The van der Waals surface area contributed by atoms with Gasteiger partial charge in [-0.1, -0.05) is 12.1 Å². The van der Waals surface area contributed by atoms with E-state index in [0.29, 0.717) is 24.9 Å². The van der Waals surface area contributed by atoms with Crippen LogP contribution in [-0.2, 0) is 11.3 Å². The zero-order chi connectivity index (χ0) is 21.7. The molecule has 4 rings (SSSR count). The third-order valence-electron chi connectivity index (χ3n) is 5.15. The van der Waals surface area contributed by atoms with E-state index in [-0.39, 0.29) is 11.8 Å². The Hall–Kier alpha value is -3.94. The third-order valence-corrected chi connectivity index (χ3v) is 5.15. The normalized spacial score (nSPS) is 13.7. The predicted octanol–water partition coefficient (Wildman–Crippen LogP) is 2.81. The number of benzene rings is 2. The first-order valence-corrected chi connectivity index (χ1v) is 9.94. The lowest BCUT2D eigenvalue weighted by molar-refractivity contribution is -0.124. The van der Waals surface area contributed by atoms with Crippen LogP contribution in [0.25, 0.3) is 0 Å². The number of hydrogen-bond donors (Lipinski definition) is 3. The van der Waals surface area contributed by atoms with Gasteiger partial charge in [0.1, 0.15) is 17.6 Å². The Balaban J connectivity index is 1.29. The fourth-order valence-corrected chi connectivity index (χ4v) is 3.14. The van der Waals surface area contributed by atoms with Gasteiger partial charge in [0.25, 0.3) is 5.91 Å². The van der Waals surface area contributed by atoms with Gasteiger partial charge in [-0.15, -0.1) is 0 Å². The Kier molecular flexibility index (Phi) is 5.79. The van der Waals surface area contributed by atoms with Crippen molar-refractivity contribution in [3.05, 3.63) is 78.4 Å². The highest BCUT2D eigenvalue weighted by atomic mass is 16.5. The summed E-state index contributed by atoms with van der Waals surface area (Å²) < 4.78 is 5.16. The lowest BCUT2D eigenvalue weighted by Crippen LogP contribution is -2.48. The minimum atomic E-state index is -0.844. The maximum absolute atomic E-state index is 12.6. The molecule has 1 fully saturated rings. The first-order chi connectivity index (χ1) is 15.1. The molecule has 8 nitrogen and oxygen atoms in total. The first kappa shape index (κ1) is 20.3. The van der Waals surface area contributed by atoms with Gasteiger partial charge in [-0.25, -0.2) is 9.97 Å². The molecule has 1 heterocycles. The molecule has 3 aromatic rings. The van der Waals surface area contributed by atoms with Crippen LogP contribution < -0.4 is 20.7 Å². The van der Waals surface area contributed by atoms with Crippen molar-refractivity contribution in [3.8, 4) is 5.75 Å². The van der Waals surface area contributed by atoms with Crippen LogP contribution in [0.2, 0.25) is 0 Å². The molecular weight excluding hydrogens is 394 g/mol. The Labute approximate surface area is 180 Å². The molecule has 8 heteroatoms. The van der Waals surface area contributed by atoms with E-state index < -0.39 is 5.54 Å². The predicted molar refractivity (Wildman–Crippen MR) is 116 cm³/mol. The number of anilines is 2. The van der Waals surface area contributed by atoms with Crippen LogP contribution in [0.5, 0.6) is 5.75 Å². The van der Waals surface area contributed by atoms with Crippen LogP contribution in [0.1, 0.15) is 28.8 Å². The van der Waals surface area contributed by atoms with Crippen molar-refractivity contribution in [2.75, 3.05) is 12.4 Å². The van der Waals surface area contributed by atoms with Crippen LogP contribution in [0.4, 0.5) is 11.4 Å². The fraction of sp³-hybridized carbons (Fsp3) is 0.217. The number of carbonyl (C=O) groups is 2. The van der Waals surface area contributed by atoms with Gasteiger partial charge < -0.3 is 20.7 Å². The standard InChI is InChI=1S/C23H23N5O3/c1-31-20-8-6-19(7-9-20)27-18-4-2-16(3-5-18)12-26-22(30)23(10-11-23)28-21(29)17-13-24-15-25-14-17/h2-9,13-15,27H,10-12H2,1H3,(H,26,30)(H,28,29). The van der Waals surface area contributed by atoms with E-state index in [2.05, 4.69) is 25.9 Å². The molecule has 1 aromatic heterocycles. The molecule has 2 aromatic carbocycles. The summed E-state index contributed by atoms with van der Waals surface area (Å²) in [6.45, 7) is 0.383. The highest BCUT2D eigenvalue weighted by Crippen LogP contribution is 2.36. The van der Waals surface area contributed by atoms with Gasteiger partial charge in [0.2, 0.25) is 5.91 Å². The first-order valence-electron chi connectivity index (χ1n) is 9.94. The van der Waals surface area contributed by atoms with Gasteiger partial charge in [0.15, 0.2) is 0 Å². The summed E-state index contributed by atoms with van der Waals surface area (Å²) in [4.78, 5) is 32.6. The largest absolute Gasteiger partial charge is 0.497 e. The Morgan fingerprint density at radius 1 is 0.968 bits per heavy atom. The smallest absolute Gasteiger partial charge is 0.255 e. The molecular formula is C23H23N5O3. The maximum Gasteiger partial charge on any atom is 0.255 e. The second kappa shape index (κ2) is 8.83. The molecule has 0 unspecified atom stereocenters. The van der Waals surface area contributed by atoms with E-state index in [0.717, 1.165) is 22.7 Å². The lowest BCUT2D eigenvalue weighted by Gasteiger charge is -2.17. The maximum atomic E-state index is 12.6. The molecule has 0 atom stereocenters. The number of aromatic nitrogens is 2. The van der Waals surface area contributed by atoms with E-state index in [4.69, 9.17) is 4.74 Å². The molecule has 3 N–H and O–H groups in total. The summed E-state index contributed by atoms with van der Waals surface area (Å²) in [6.07, 6.45) is 5.44. The summed E-state index contributed by atoms with van der Waals surface area (Å²) >= 11 is 0. The quantitative estimate of drug-likeness (QED) is 0.521. The number of rotatable bonds is 8. The van der Waals surface area contributed by atoms with Crippen LogP contribution in [-0.4, -0.2) is 34.4 Å². The Morgan fingerprint density at radius 3 is 2.16 bits per heavy atom. The van der Waals surface area contributed by atoms with Gasteiger partial charge in [-0.2, -0.15) is 0 Å². The number of ether oxygens (including phenoxy) is 1. The van der Waals surface area contributed by atoms with Crippen molar-refractivity contribution in [1.29, 1.82) is 0 Å². The number of amides is 2. The summed E-state index contributed by atoms with van der Waals surface area (Å²) in [5.74, 6) is 0.277. The molecule has 0 aliphatic heterocycles. The van der Waals surface area contributed by atoms with Crippen LogP contribution in [0.3, 0.4) is 0 Å². The molecule has 158 valence electrons. The molecule has 0 bridgehead atoms. The average molecular weight is 417 g/mol. The number of nitrogens with zero attached hydrogens (tertiary/aromatic N) is 2. The number of carbonyl (C=O) groups excluding carboxylic acids is 2. The van der Waals surface area contributed by atoms with Gasteiger partial charge >= 0.3 is 0 Å². The van der Waals surface area contributed by atoms with Crippen LogP contribution in [0, 0.1) is 0 Å². The lowest BCUT2D eigenvalue weighted by atomic mass is 10.1. The number of hydrogen-bond acceptors (Lipinski definition) is 6. The Morgan fingerprint density at radius 2 is 1.58 bits per heavy atom. The summed E-state index contributed by atoms with van der Waals surface area (Å²) in [5.41, 5.74) is 2.35. The average Bonchev–Trinajstić information content (AvgIpc) is 3.60. The fourth-order valence-electron chi connectivity index (χ4n) is 3.14. The van der Waals surface area contributed by atoms with E-state index in [1.54, 1.807) is 7.11 Å². The third kappa shape index (κ3) is 4.98. The van der Waals surface area contributed by atoms with E-state index in [1.807, 2.05) is 48.5 Å². The zero-order valence-electron chi connectivity index (χ0n) is 17.1. The SMILES string of the molecule is COc1ccc(Nc2ccc(CNC(=O)C3(NC(=O)c4cncnc4)CC3)cc2)cc1. The zero-order valence-corrected chi connectivity index (χ0v) is 17.1. The molecule has 31 heavy (non-hydrogen) atoms. The number of methoxy groups -OCH3 is 1. The second-order valence-electron chi connectivity index (χ2n) is 7.40. The summed E-state index contributed by atoms with van der Waals surface area (Å²) in [6, 6.07) is 15.5. The minimum Gasteiger partial charge on any atom is -0.497 e. The van der Waals surface area contributed by atoms with Crippen molar-refractivity contribution in [2.24, 2.45) is 0 Å². The van der Waals surface area contributed by atoms with Gasteiger partial charge in [0.05, 0.1) is 12.7 Å². The van der Waals surface area contributed by atoms with E-state index >= 15 is 0 Å². The molecule has 0 saturated heterocycles. The second-order valence-corrected chi connectivity index (χ2v) is 7.40. The summed E-state index contributed by atoms with van der Waals surface area (Å²) in [5, 5.41) is 9.05. The van der Waals surface area contributed by atoms with E-state index in [1.165, 1.54) is 18.7 Å². The van der Waals surface area contributed by atoms with Crippen LogP contribution >= 0.6 is 0 Å². The minimum absolute atomic E-state index is 0.182. The molecule has 2 amide bonds. The van der Waals surface area contributed by atoms with Gasteiger partial charge in [-0.05, 0) is 54.8 Å². The van der Waals surface area contributed by atoms with Crippen LogP contribution in [0.15, 0.2) is 67.3 Å². The molecule has 0 radical (unpaired) electrons. The number of nitrogens with one attached hydrogen (secondary N) is 3. The van der Waals surface area contributed by atoms with Gasteiger partial charge in [0, 0.05) is 30.3 Å². The van der Waals surface area contributed by atoms with Crippen molar-refractivity contribution in [2.45, 2.75) is 24.9 Å². The topological polar surface area (TPSA) is 105 Å². The molecule has 0 spiro atoms. The van der Waals surface area contributed by atoms with Crippen molar-refractivity contribution in [3.63, 3.8) is 0 Å². The molecule has 1 saturated carbocycles. The van der Waals surface area contributed by atoms with Crippen molar-refractivity contribution in [1.82, 2.24) is 20.6 Å². The molecule has 1 aliphatic carbocycles. The van der Waals surface area contributed by atoms with Crippen molar-refractivity contribution >= 4 is 23.2 Å². The van der Waals surface area contributed by atoms with E-state index in [9.17, 15) is 9.59 Å². The highest BCUT2D eigenvalue weighted by molar-refractivity contribution is 6.00. The molecule has 1 aliphatic rings. The van der Waals surface area contributed by atoms with Crippen molar-refractivity contribution < 1.29 is 14.3 Å².